The molecule has 2 atom stereocenters. The molecule has 0 saturated carbocycles. The number of hydrogen-bond acceptors (Lipinski definition) is 3. The standard InChI is InChI=1S/C10H20N2O2/c1-8-3-5-12(9(8)7-13)6-4-10(14)11-2/h8-9,13H,3-7H2,1-2H3,(H,11,14). The fourth-order valence-corrected chi connectivity index (χ4v) is 2.03. The molecule has 1 saturated heterocycles. The Morgan fingerprint density at radius 1 is 1.64 bits per heavy atom. The number of nitrogens with one attached hydrogen (secondary N) is 1. The van der Waals surface area contributed by atoms with Crippen molar-refractivity contribution in [1.29, 1.82) is 0 Å². The van der Waals surface area contributed by atoms with Gasteiger partial charge in [-0.05, 0) is 18.9 Å². The fourth-order valence-electron chi connectivity index (χ4n) is 2.03. The van der Waals surface area contributed by atoms with E-state index in [1.54, 1.807) is 7.05 Å². The lowest BCUT2D eigenvalue weighted by Crippen LogP contribution is -2.37. The molecule has 0 aromatic rings. The van der Waals surface area contributed by atoms with Gasteiger partial charge < -0.3 is 10.4 Å². The Kier molecular flexibility index (Phi) is 4.35. The average molecular weight is 200 g/mol. The van der Waals surface area contributed by atoms with E-state index in [4.69, 9.17) is 0 Å². The first-order chi connectivity index (χ1) is 6.69. The molecule has 0 aliphatic carbocycles. The molecule has 0 aromatic heterocycles. The van der Waals surface area contributed by atoms with Crippen molar-refractivity contribution < 1.29 is 9.90 Å². The highest BCUT2D eigenvalue weighted by Crippen LogP contribution is 2.23. The van der Waals surface area contributed by atoms with Crippen molar-refractivity contribution in [3.05, 3.63) is 0 Å². The third kappa shape index (κ3) is 2.69. The Hall–Kier alpha value is -0.610. The predicted molar refractivity (Wildman–Crippen MR) is 54.9 cm³/mol. The average Bonchev–Trinajstić information content (AvgIpc) is 2.55. The Labute approximate surface area is 85.3 Å². The molecular formula is C10H20N2O2. The minimum absolute atomic E-state index is 0.0706. The molecule has 2 unspecified atom stereocenters. The van der Waals surface area contributed by atoms with Crippen molar-refractivity contribution >= 4 is 5.91 Å². The van der Waals surface area contributed by atoms with Gasteiger partial charge in [-0.25, -0.2) is 0 Å². The van der Waals surface area contributed by atoms with Crippen LogP contribution in [-0.4, -0.2) is 48.7 Å². The maximum atomic E-state index is 11.0. The van der Waals surface area contributed by atoms with E-state index < -0.39 is 0 Å². The van der Waals surface area contributed by atoms with Gasteiger partial charge in [-0.3, -0.25) is 9.69 Å². The number of hydrogen-bond donors (Lipinski definition) is 2. The van der Waals surface area contributed by atoms with E-state index in [1.807, 2.05) is 0 Å². The zero-order valence-corrected chi connectivity index (χ0v) is 8.99. The Morgan fingerprint density at radius 3 is 2.93 bits per heavy atom. The molecule has 1 amide bonds. The summed E-state index contributed by atoms with van der Waals surface area (Å²) in [6.45, 7) is 4.12. The summed E-state index contributed by atoms with van der Waals surface area (Å²) in [6.07, 6.45) is 1.65. The summed E-state index contributed by atoms with van der Waals surface area (Å²) in [6, 6.07) is 0.250. The SMILES string of the molecule is CNC(=O)CCN1CCC(C)C1CO. The van der Waals surface area contributed by atoms with Crippen LogP contribution in [0.1, 0.15) is 19.8 Å². The second-order valence-corrected chi connectivity index (χ2v) is 3.98. The monoisotopic (exact) mass is 200 g/mol. The Morgan fingerprint density at radius 2 is 2.36 bits per heavy atom. The molecule has 14 heavy (non-hydrogen) atoms. The number of carbonyl (C=O) groups excluding carboxylic acids is 1. The Bertz CT molecular complexity index is 197. The highest BCUT2D eigenvalue weighted by atomic mass is 16.3. The third-order valence-corrected chi connectivity index (χ3v) is 3.09. The van der Waals surface area contributed by atoms with Crippen LogP contribution in [-0.2, 0) is 4.79 Å². The lowest BCUT2D eigenvalue weighted by molar-refractivity contribution is -0.121. The second-order valence-electron chi connectivity index (χ2n) is 3.98. The van der Waals surface area contributed by atoms with Gasteiger partial charge in [-0.1, -0.05) is 6.92 Å². The maximum absolute atomic E-state index is 11.0. The molecule has 4 heteroatoms. The highest BCUT2D eigenvalue weighted by molar-refractivity contribution is 5.75. The third-order valence-electron chi connectivity index (χ3n) is 3.09. The second kappa shape index (κ2) is 5.32. The van der Waals surface area contributed by atoms with Gasteiger partial charge in [0.25, 0.3) is 0 Å². The normalized spacial score (nSPS) is 27.9. The molecule has 1 fully saturated rings. The van der Waals surface area contributed by atoms with Gasteiger partial charge in [0, 0.05) is 26.1 Å². The topological polar surface area (TPSA) is 52.6 Å². The first-order valence-electron chi connectivity index (χ1n) is 5.24. The van der Waals surface area contributed by atoms with Gasteiger partial charge in [0.15, 0.2) is 0 Å². The largest absolute Gasteiger partial charge is 0.395 e. The van der Waals surface area contributed by atoms with Crippen LogP contribution in [0.25, 0.3) is 0 Å². The summed E-state index contributed by atoms with van der Waals surface area (Å²) in [7, 11) is 1.65. The fraction of sp³-hybridized carbons (Fsp3) is 0.900. The molecule has 4 nitrogen and oxygen atoms in total. The molecule has 2 N–H and O–H groups in total. The number of aliphatic hydroxyl groups is 1. The van der Waals surface area contributed by atoms with Crippen LogP contribution in [0.5, 0.6) is 0 Å². The molecule has 1 aliphatic heterocycles. The van der Waals surface area contributed by atoms with Crippen LogP contribution >= 0.6 is 0 Å². The van der Waals surface area contributed by atoms with Gasteiger partial charge in [0.2, 0.25) is 5.91 Å². The van der Waals surface area contributed by atoms with Crippen molar-refractivity contribution in [2.45, 2.75) is 25.8 Å². The molecule has 1 rings (SSSR count). The number of aliphatic hydroxyl groups excluding tert-OH is 1. The predicted octanol–water partition coefficient (Wildman–Crippen LogP) is -0.175. The highest BCUT2D eigenvalue weighted by Gasteiger charge is 2.30. The maximum Gasteiger partial charge on any atom is 0.221 e. The van der Waals surface area contributed by atoms with Crippen molar-refractivity contribution in [2.75, 3.05) is 26.7 Å². The summed E-state index contributed by atoms with van der Waals surface area (Å²) in [4.78, 5) is 13.3. The number of likely N-dealkylation sites (tertiary alicyclic amines) is 1. The molecule has 1 aliphatic rings. The molecule has 82 valence electrons. The van der Waals surface area contributed by atoms with E-state index in [-0.39, 0.29) is 18.6 Å². The van der Waals surface area contributed by atoms with E-state index in [1.165, 1.54) is 0 Å². The van der Waals surface area contributed by atoms with Gasteiger partial charge >= 0.3 is 0 Å². The number of nitrogens with zero attached hydrogens (tertiary/aromatic N) is 1. The van der Waals surface area contributed by atoms with E-state index in [9.17, 15) is 9.90 Å². The number of amides is 1. The molecule has 0 radical (unpaired) electrons. The van der Waals surface area contributed by atoms with Gasteiger partial charge in [0.05, 0.1) is 6.61 Å². The molecule has 0 aromatic carbocycles. The van der Waals surface area contributed by atoms with E-state index in [2.05, 4.69) is 17.1 Å². The zero-order valence-electron chi connectivity index (χ0n) is 8.99. The Balaban J connectivity index is 2.33. The first-order valence-corrected chi connectivity index (χ1v) is 5.24. The van der Waals surface area contributed by atoms with E-state index in [0.29, 0.717) is 12.3 Å². The van der Waals surface area contributed by atoms with Crippen LogP contribution < -0.4 is 5.32 Å². The minimum atomic E-state index is 0.0706. The van der Waals surface area contributed by atoms with Crippen LogP contribution in [0.3, 0.4) is 0 Å². The summed E-state index contributed by atoms with van der Waals surface area (Å²) in [5.74, 6) is 0.617. The van der Waals surface area contributed by atoms with Gasteiger partial charge in [0.1, 0.15) is 0 Å². The van der Waals surface area contributed by atoms with E-state index in [0.717, 1.165) is 19.5 Å². The lowest BCUT2D eigenvalue weighted by Gasteiger charge is -2.24. The van der Waals surface area contributed by atoms with Gasteiger partial charge in [-0.15, -0.1) is 0 Å². The van der Waals surface area contributed by atoms with E-state index >= 15 is 0 Å². The molecular weight excluding hydrogens is 180 g/mol. The zero-order chi connectivity index (χ0) is 10.6. The number of rotatable bonds is 4. The van der Waals surface area contributed by atoms with Crippen LogP contribution in [0.2, 0.25) is 0 Å². The summed E-state index contributed by atoms with van der Waals surface area (Å²) in [5, 5.41) is 11.8. The van der Waals surface area contributed by atoms with Crippen LogP contribution in [0.15, 0.2) is 0 Å². The summed E-state index contributed by atoms with van der Waals surface area (Å²) >= 11 is 0. The molecule has 0 spiro atoms. The molecule has 0 bridgehead atoms. The summed E-state index contributed by atoms with van der Waals surface area (Å²) < 4.78 is 0. The molecule has 1 heterocycles. The van der Waals surface area contributed by atoms with Crippen LogP contribution in [0.4, 0.5) is 0 Å². The van der Waals surface area contributed by atoms with Gasteiger partial charge in [-0.2, -0.15) is 0 Å². The van der Waals surface area contributed by atoms with Crippen molar-refractivity contribution in [3.8, 4) is 0 Å². The summed E-state index contributed by atoms with van der Waals surface area (Å²) in [5.41, 5.74) is 0. The van der Waals surface area contributed by atoms with Crippen molar-refractivity contribution in [3.63, 3.8) is 0 Å². The van der Waals surface area contributed by atoms with Crippen LogP contribution in [0, 0.1) is 5.92 Å². The lowest BCUT2D eigenvalue weighted by atomic mass is 10.0. The minimum Gasteiger partial charge on any atom is -0.395 e. The van der Waals surface area contributed by atoms with Crippen molar-refractivity contribution in [1.82, 2.24) is 10.2 Å². The number of carbonyl (C=O) groups is 1. The van der Waals surface area contributed by atoms with Crippen molar-refractivity contribution in [2.24, 2.45) is 5.92 Å². The smallest absolute Gasteiger partial charge is 0.221 e. The first kappa shape index (κ1) is 11.5. The quantitative estimate of drug-likeness (QED) is 0.662.